The van der Waals surface area contributed by atoms with E-state index in [2.05, 4.69) is 49.7 Å². The summed E-state index contributed by atoms with van der Waals surface area (Å²) in [5, 5.41) is 0. The van der Waals surface area contributed by atoms with Crippen LogP contribution < -0.4 is 4.57 Å². The van der Waals surface area contributed by atoms with Crippen molar-refractivity contribution in [2.75, 3.05) is 0 Å². The predicted molar refractivity (Wildman–Crippen MR) is 69.5 cm³/mol. The minimum absolute atomic E-state index is 0.622. The highest BCUT2D eigenvalue weighted by Gasteiger charge is 2.12. The van der Waals surface area contributed by atoms with Gasteiger partial charge < -0.3 is 0 Å². The van der Waals surface area contributed by atoms with Gasteiger partial charge in [0.2, 0.25) is 0 Å². The van der Waals surface area contributed by atoms with Crippen molar-refractivity contribution in [2.45, 2.75) is 65.3 Å². The monoisotopic (exact) mass is 220 g/mol. The summed E-state index contributed by atoms with van der Waals surface area (Å²) in [5.41, 5.74) is 1.46. The van der Waals surface area contributed by atoms with Gasteiger partial charge in [0.1, 0.15) is 6.54 Å². The summed E-state index contributed by atoms with van der Waals surface area (Å²) < 4.78 is 2.41. The standard InChI is InChI=1S/C15H26N/c1-4-5-6-7-9-12-16-13-10-8-11-15(16)14(2)3/h8,10-11,13-14H,4-7,9,12H2,1-3H3/q+1. The number of hydrogen-bond donors (Lipinski definition) is 0. The molecule has 1 nitrogen and oxygen atoms in total. The van der Waals surface area contributed by atoms with Crippen molar-refractivity contribution in [3.8, 4) is 0 Å². The Morgan fingerprint density at radius 1 is 1.06 bits per heavy atom. The molecule has 1 aromatic rings. The Morgan fingerprint density at radius 3 is 2.50 bits per heavy atom. The second-order valence-electron chi connectivity index (χ2n) is 4.89. The van der Waals surface area contributed by atoms with Crippen LogP contribution in [0.5, 0.6) is 0 Å². The van der Waals surface area contributed by atoms with Gasteiger partial charge in [-0.2, -0.15) is 0 Å². The fourth-order valence-corrected chi connectivity index (χ4v) is 2.10. The summed E-state index contributed by atoms with van der Waals surface area (Å²) in [6.07, 6.45) is 9.00. The first-order valence-corrected chi connectivity index (χ1v) is 6.74. The van der Waals surface area contributed by atoms with Crippen LogP contribution >= 0.6 is 0 Å². The van der Waals surface area contributed by atoms with Gasteiger partial charge in [0.15, 0.2) is 11.9 Å². The van der Waals surface area contributed by atoms with Crippen LogP contribution in [0, 0.1) is 0 Å². The van der Waals surface area contributed by atoms with E-state index in [9.17, 15) is 0 Å². The Labute approximate surface area is 101 Å². The molecule has 90 valence electrons. The fourth-order valence-electron chi connectivity index (χ4n) is 2.10. The second-order valence-corrected chi connectivity index (χ2v) is 4.89. The highest BCUT2D eigenvalue weighted by molar-refractivity contribution is 5.01. The molecule has 0 aliphatic heterocycles. The number of hydrogen-bond acceptors (Lipinski definition) is 0. The second kappa shape index (κ2) is 7.43. The molecule has 0 aliphatic carbocycles. The first-order chi connectivity index (χ1) is 7.75. The Kier molecular flexibility index (Phi) is 6.14. The first-order valence-electron chi connectivity index (χ1n) is 6.74. The predicted octanol–water partition coefficient (Wildman–Crippen LogP) is 4.07. The molecule has 1 heterocycles. The van der Waals surface area contributed by atoms with Gasteiger partial charge in [-0.25, -0.2) is 4.57 Å². The number of nitrogens with zero attached hydrogens (tertiary/aromatic N) is 1. The molecule has 0 N–H and O–H groups in total. The average molecular weight is 220 g/mol. The van der Waals surface area contributed by atoms with E-state index in [4.69, 9.17) is 0 Å². The molecule has 0 bridgehead atoms. The van der Waals surface area contributed by atoms with Crippen molar-refractivity contribution in [1.82, 2.24) is 0 Å². The summed E-state index contributed by atoms with van der Waals surface area (Å²) in [5.74, 6) is 0.622. The van der Waals surface area contributed by atoms with E-state index in [1.807, 2.05) is 0 Å². The fraction of sp³-hybridized carbons (Fsp3) is 0.667. The lowest BCUT2D eigenvalue weighted by molar-refractivity contribution is -0.705. The van der Waals surface area contributed by atoms with Gasteiger partial charge in [0, 0.05) is 24.5 Å². The van der Waals surface area contributed by atoms with Crippen LogP contribution in [0.4, 0.5) is 0 Å². The lowest BCUT2D eigenvalue weighted by atomic mass is 10.1. The molecule has 1 heteroatoms. The number of aromatic nitrogens is 1. The summed E-state index contributed by atoms with van der Waals surface area (Å²) in [6.45, 7) is 7.98. The van der Waals surface area contributed by atoms with Crippen LogP contribution in [0.15, 0.2) is 24.4 Å². The molecular weight excluding hydrogens is 194 g/mol. The maximum absolute atomic E-state index is 2.41. The van der Waals surface area contributed by atoms with E-state index >= 15 is 0 Å². The Balaban J connectivity index is 2.41. The van der Waals surface area contributed by atoms with Gasteiger partial charge in [0.05, 0.1) is 0 Å². The van der Waals surface area contributed by atoms with E-state index in [1.54, 1.807) is 0 Å². The highest BCUT2D eigenvalue weighted by Crippen LogP contribution is 2.09. The van der Waals surface area contributed by atoms with Crippen LogP contribution in [0.3, 0.4) is 0 Å². The van der Waals surface area contributed by atoms with Crippen LogP contribution in [0.2, 0.25) is 0 Å². The summed E-state index contributed by atoms with van der Waals surface area (Å²) in [6, 6.07) is 6.53. The van der Waals surface area contributed by atoms with Gasteiger partial charge in [0.25, 0.3) is 0 Å². The zero-order valence-electron chi connectivity index (χ0n) is 11.1. The molecule has 0 saturated heterocycles. The third-order valence-electron chi connectivity index (χ3n) is 3.07. The minimum atomic E-state index is 0.622. The molecule has 0 aliphatic rings. The Hall–Kier alpha value is -0.850. The van der Waals surface area contributed by atoms with Crippen LogP contribution in [-0.4, -0.2) is 0 Å². The van der Waals surface area contributed by atoms with Crippen LogP contribution in [0.1, 0.15) is 64.5 Å². The molecule has 16 heavy (non-hydrogen) atoms. The van der Waals surface area contributed by atoms with E-state index in [0.29, 0.717) is 5.92 Å². The molecule has 0 spiro atoms. The normalized spacial score (nSPS) is 11.0. The van der Waals surface area contributed by atoms with Crippen molar-refractivity contribution < 1.29 is 4.57 Å². The molecular formula is C15H26N+. The third kappa shape index (κ3) is 4.34. The summed E-state index contributed by atoms with van der Waals surface area (Å²) in [4.78, 5) is 0. The lowest BCUT2D eigenvalue weighted by Gasteiger charge is -2.06. The Bertz CT molecular complexity index is 291. The molecule has 0 saturated carbocycles. The number of unbranched alkanes of at least 4 members (excludes halogenated alkanes) is 4. The van der Waals surface area contributed by atoms with Crippen molar-refractivity contribution in [3.63, 3.8) is 0 Å². The van der Waals surface area contributed by atoms with E-state index in [0.717, 1.165) is 0 Å². The number of pyridine rings is 1. The van der Waals surface area contributed by atoms with Gasteiger partial charge in [-0.1, -0.05) is 46.1 Å². The van der Waals surface area contributed by atoms with Gasteiger partial charge in [-0.05, 0) is 6.42 Å². The van der Waals surface area contributed by atoms with E-state index in [-0.39, 0.29) is 0 Å². The van der Waals surface area contributed by atoms with Crippen LogP contribution in [0.25, 0.3) is 0 Å². The highest BCUT2D eigenvalue weighted by atomic mass is 15.0. The van der Waals surface area contributed by atoms with Crippen molar-refractivity contribution in [2.24, 2.45) is 0 Å². The molecule has 0 aromatic carbocycles. The molecule has 0 fully saturated rings. The largest absolute Gasteiger partial charge is 0.202 e. The average Bonchev–Trinajstić information content (AvgIpc) is 2.29. The van der Waals surface area contributed by atoms with E-state index in [1.165, 1.54) is 44.3 Å². The summed E-state index contributed by atoms with van der Waals surface area (Å²) >= 11 is 0. The maximum Gasteiger partial charge on any atom is 0.183 e. The van der Waals surface area contributed by atoms with Crippen molar-refractivity contribution in [1.29, 1.82) is 0 Å². The van der Waals surface area contributed by atoms with E-state index < -0.39 is 0 Å². The van der Waals surface area contributed by atoms with Gasteiger partial charge in [-0.15, -0.1) is 0 Å². The molecule has 0 atom stereocenters. The first kappa shape index (κ1) is 13.2. The Morgan fingerprint density at radius 2 is 1.81 bits per heavy atom. The molecule has 1 rings (SSSR count). The lowest BCUT2D eigenvalue weighted by Crippen LogP contribution is -2.38. The van der Waals surface area contributed by atoms with Crippen LogP contribution in [-0.2, 0) is 6.54 Å². The van der Waals surface area contributed by atoms with Gasteiger partial charge in [-0.3, -0.25) is 0 Å². The molecule has 0 unspecified atom stereocenters. The quantitative estimate of drug-likeness (QED) is 0.482. The molecule has 1 aromatic heterocycles. The number of rotatable bonds is 7. The SMILES string of the molecule is CCCCCCC[n+]1ccccc1C(C)C. The molecule has 0 radical (unpaired) electrons. The zero-order chi connectivity index (χ0) is 11.8. The number of aryl methyl sites for hydroxylation is 1. The van der Waals surface area contributed by atoms with Crippen molar-refractivity contribution in [3.05, 3.63) is 30.1 Å². The topological polar surface area (TPSA) is 3.88 Å². The molecule has 0 amide bonds. The third-order valence-corrected chi connectivity index (χ3v) is 3.07. The summed E-state index contributed by atoms with van der Waals surface area (Å²) in [7, 11) is 0. The smallest absolute Gasteiger partial charge is 0.183 e. The van der Waals surface area contributed by atoms with Crippen molar-refractivity contribution >= 4 is 0 Å². The maximum atomic E-state index is 2.41. The zero-order valence-corrected chi connectivity index (χ0v) is 11.1. The minimum Gasteiger partial charge on any atom is -0.202 e. The van der Waals surface area contributed by atoms with Gasteiger partial charge >= 0.3 is 0 Å².